The molecule has 0 aliphatic heterocycles. The number of aromatic hydroxyl groups is 2. The van der Waals surface area contributed by atoms with Crippen LogP contribution in [0.15, 0.2) is 84.9 Å². The van der Waals surface area contributed by atoms with Crippen LogP contribution in [0.25, 0.3) is 0 Å². The van der Waals surface area contributed by atoms with Gasteiger partial charge in [0.15, 0.2) is 0 Å². The molecule has 0 saturated heterocycles. The third kappa shape index (κ3) is 8.73. The number of benzene rings is 4. The number of aryl methyl sites for hydroxylation is 1. The number of hydrogen-bond donors (Lipinski definition) is 2. The second kappa shape index (κ2) is 12.6. The fourth-order valence-corrected chi connectivity index (χ4v) is 5.15. The standard InChI is InChI=1S/C21H28O.C18H22O/c1-20(2,3)17-13-16(12-15-10-8-7-9-11-15)14-18(19(17)22)21(4,5)6;1-13-10-15(12-14-8-6-5-7-9-14)17(19)16(11-13)18(2,3)4/h7-11,13-14,22H,12H2,1-6H3;5-11,19H,12H2,1-4H3. The van der Waals surface area contributed by atoms with Crippen molar-refractivity contribution in [1.82, 2.24) is 0 Å². The molecule has 0 bridgehead atoms. The van der Waals surface area contributed by atoms with E-state index in [1.165, 1.54) is 22.3 Å². The second-order valence-electron chi connectivity index (χ2n) is 14.4. The number of phenolic OH excluding ortho intramolecular Hbond substituents is 2. The van der Waals surface area contributed by atoms with Gasteiger partial charge < -0.3 is 10.2 Å². The number of rotatable bonds is 4. The lowest BCUT2D eigenvalue weighted by molar-refractivity contribution is 0.423. The molecule has 0 saturated carbocycles. The highest BCUT2D eigenvalue weighted by Gasteiger charge is 2.26. The van der Waals surface area contributed by atoms with E-state index in [0.717, 1.165) is 35.1 Å². The Hall–Kier alpha value is -3.52. The molecule has 218 valence electrons. The van der Waals surface area contributed by atoms with Crippen LogP contribution in [0.2, 0.25) is 0 Å². The molecule has 0 fully saturated rings. The molecule has 4 aromatic rings. The highest BCUT2D eigenvalue weighted by atomic mass is 16.3. The zero-order chi connectivity index (χ0) is 30.6. The van der Waals surface area contributed by atoms with E-state index < -0.39 is 0 Å². The van der Waals surface area contributed by atoms with Gasteiger partial charge in [-0.05, 0) is 68.5 Å². The topological polar surface area (TPSA) is 40.5 Å². The first-order valence-electron chi connectivity index (χ1n) is 14.7. The molecular formula is C39H50O2. The fraction of sp³-hybridized carbons (Fsp3) is 0.385. The predicted octanol–water partition coefficient (Wildman–Crippen LogP) is 10.2. The summed E-state index contributed by atoms with van der Waals surface area (Å²) in [4.78, 5) is 0. The Morgan fingerprint density at radius 2 is 0.854 bits per heavy atom. The molecule has 2 nitrogen and oxygen atoms in total. The van der Waals surface area contributed by atoms with Crippen molar-refractivity contribution in [3.05, 3.63) is 129 Å². The Labute approximate surface area is 249 Å². The van der Waals surface area contributed by atoms with Crippen LogP contribution in [0.1, 0.15) is 107 Å². The van der Waals surface area contributed by atoms with E-state index in [1.807, 2.05) is 24.3 Å². The predicted molar refractivity (Wildman–Crippen MR) is 176 cm³/mol. The van der Waals surface area contributed by atoms with Gasteiger partial charge in [-0.1, -0.05) is 153 Å². The Morgan fingerprint density at radius 3 is 1.27 bits per heavy atom. The second-order valence-corrected chi connectivity index (χ2v) is 14.4. The van der Waals surface area contributed by atoms with Gasteiger partial charge in [0.05, 0.1) is 0 Å². The maximum Gasteiger partial charge on any atom is 0.123 e. The molecule has 2 N–H and O–H groups in total. The third-order valence-electron chi connectivity index (χ3n) is 7.42. The van der Waals surface area contributed by atoms with E-state index in [-0.39, 0.29) is 16.2 Å². The average Bonchev–Trinajstić information content (AvgIpc) is 2.86. The van der Waals surface area contributed by atoms with Gasteiger partial charge in [-0.25, -0.2) is 0 Å². The summed E-state index contributed by atoms with van der Waals surface area (Å²) in [6.45, 7) is 21.4. The summed E-state index contributed by atoms with van der Waals surface area (Å²) < 4.78 is 0. The zero-order valence-corrected chi connectivity index (χ0v) is 26.9. The Balaban J connectivity index is 0.000000228. The Kier molecular flexibility index (Phi) is 9.80. The van der Waals surface area contributed by atoms with Crippen LogP contribution < -0.4 is 0 Å². The Bertz CT molecular complexity index is 1390. The average molecular weight is 551 g/mol. The summed E-state index contributed by atoms with van der Waals surface area (Å²) in [5, 5.41) is 21.3. The molecule has 0 spiro atoms. The molecule has 4 aromatic carbocycles. The van der Waals surface area contributed by atoms with E-state index in [0.29, 0.717) is 11.5 Å². The highest BCUT2D eigenvalue weighted by molar-refractivity contribution is 5.51. The number of hydrogen-bond acceptors (Lipinski definition) is 2. The first-order chi connectivity index (χ1) is 19.0. The van der Waals surface area contributed by atoms with Crippen molar-refractivity contribution >= 4 is 0 Å². The SMILES string of the molecule is CC(C)(C)c1cc(Cc2ccccc2)cc(C(C)(C)C)c1O.Cc1cc(Cc2ccccc2)c(O)c(C(C)(C)C)c1. The largest absolute Gasteiger partial charge is 0.507 e. The van der Waals surface area contributed by atoms with Crippen molar-refractivity contribution in [2.75, 3.05) is 0 Å². The van der Waals surface area contributed by atoms with Crippen LogP contribution >= 0.6 is 0 Å². The van der Waals surface area contributed by atoms with Gasteiger partial charge in [0, 0.05) is 6.42 Å². The lowest BCUT2D eigenvalue weighted by Crippen LogP contribution is -2.18. The van der Waals surface area contributed by atoms with Crippen LogP contribution in [0.3, 0.4) is 0 Å². The van der Waals surface area contributed by atoms with Crippen molar-refractivity contribution in [2.45, 2.75) is 98.3 Å². The first kappa shape index (κ1) is 32.0. The van der Waals surface area contributed by atoms with Gasteiger partial charge in [0.1, 0.15) is 11.5 Å². The van der Waals surface area contributed by atoms with Gasteiger partial charge in [-0.15, -0.1) is 0 Å². The Morgan fingerprint density at radius 1 is 0.463 bits per heavy atom. The quantitative estimate of drug-likeness (QED) is 0.265. The van der Waals surface area contributed by atoms with Gasteiger partial charge >= 0.3 is 0 Å². The molecule has 4 rings (SSSR count). The maximum absolute atomic E-state index is 10.8. The van der Waals surface area contributed by atoms with Crippen molar-refractivity contribution in [3.8, 4) is 11.5 Å². The summed E-state index contributed by atoms with van der Waals surface area (Å²) in [6, 6.07) is 29.3. The van der Waals surface area contributed by atoms with Gasteiger partial charge in [0.2, 0.25) is 0 Å². The molecule has 0 aliphatic rings. The fourth-order valence-electron chi connectivity index (χ4n) is 5.15. The summed E-state index contributed by atoms with van der Waals surface area (Å²) in [5.41, 5.74) is 8.91. The molecule has 0 heterocycles. The molecule has 0 aliphatic carbocycles. The van der Waals surface area contributed by atoms with Crippen molar-refractivity contribution in [3.63, 3.8) is 0 Å². The van der Waals surface area contributed by atoms with Crippen molar-refractivity contribution in [2.24, 2.45) is 0 Å². The molecule has 41 heavy (non-hydrogen) atoms. The van der Waals surface area contributed by atoms with Crippen LogP contribution in [-0.4, -0.2) is 10.2 Å². The summed E-state index contributed by atoms with van der Waals surface area (Å²) in [5.74, 6) is 0.902. The smallest absolute Gasteiger partial charge is 0.123 e. The maximum atomic E-state index is 10.8. The van der Waals surface area contributed by atoms with E-state index in [4.69, 9.17) is 0 Å². The van der Waals surface area contributed by atoms with Crippen LogP contribution in [0, 0.1) is 6.92 Å². The van der Waals surface area contributed by atoms with Crippen molar-refractivity contribution < 1.29 is 10.2 Å². The number of phenols is 2. The van der Waals surface area contributed by atoms with E-state index in [1.54, 1.807) is 0 Å². The lowest BCUT2D eigenvalue weighted by Gasteiger charge is -2.28. The molecule has 0 atom stereocenters. The first-order valence-corrected chi connectivity index (χ1v) is 14.7. The normalized spacial score (nSPS) is 12.0. The molecule has 2 heteroatoms. The summed E-state index contributed by atoms with van der Waals surface area (Å²) >= 11 is 0. The third-order valence-corrected chi connectivity index (χ3v) is 7.42. The van der Waals surface area contributed by atoms with Crippen molar-refractivity contribution in [1.29, 1.82) is 0 Å². The summed E-state index contributed by atoms with van der Waals surface area (Å²) in [6.07, 6.45) is 1.67. The molecule has 0 radical (unpaired) electrons. The lowest BCUT2D eigenvalue weighted by atomic mass is 9.78. The van der Waals surface area contributed by atoms with E-state index in [2.05, 4.69) is 130 Å². The van der Waals surface area contributed by atoms with Gasteiger partial charge in [-0.3, -0.25) is 0 Å². The van der Waals surface area contributed by atoms with E-state index in [9.17, 15) is 10.2 Å². The molecular weight excluding hydrogens is 500 g/mol. The zero-order valence-electron chi connectivity index (χ0n) is 26.9. The van der Waals surface area contributed by atoms with Gasteiger partial charge in [0.25, 0.3) is 0 Å². The molecule has 0 aromatic heterocycles. The summed E-state index contributed by atoms with van der Waals surface area (Å²) in [7, 11) is 0. The monoisotopic (exact) mass is 550 g/mol. The van der Waals surface area contributed by atoms with E-state index >= 15 is 0 Å². The minimum Gasteiger partial charge on any atom is -0.507 e. The highest BCUT2D eigenvalue weighted by Crippen LogP contribution is 2.40. The van der Waals surface area contributed by atoms with Crippen LogP contribution in [0.4, 0.5) is 0 Å². The van der Waals surface area contributed by atoms with Crippen LogP contribution in [-0.2, 0) is 29.1 Å². The molecule has 0 unspecified atom stereocenters. The molecule has 0 amide bonds. The minimum atomic E-state index is -0.0726. The van der Waals surface area contributed by atoms with Gasteiger partial charge in [-0.2, -0.15) is 0 Å². The minimum absolute atomic E-state index is 0.0401. The van der Waals surface area contributed by atoms with Crippen LogP contribution in [0.5, 0.6) is 11.5 Å².